The smallest absolute Gasteiger partial charge is 0.243 e. The second kappa shape index (κ2) is 6.43. The molecule has 20 heavy (non-hydrogen) atoms. The number of carbonyl (C=O) groups excluding carboxylic acids is 1. The quantitative estimate of drug-likeness (QED) is 0.815. The van der Waals surface area contributed by atoms with Gasteiger partial charge in [0.1, 0.15) is 12.4 Å². The molecule has 0 heterocycles. The molecule has 0 bridgehead atoms. The van der Waals surface area contributed by atoms with E-state index in [0.29, 0.717) is 11.4 Å². The summed E-state index contributed by atoms with van der Waals surface area (Å²) >= 11 is 0. The molecule has 0 saturated carbocycles. The Hall–Kier alpha value is -2.75. The van der Waals surface area contributed by atoms with Crippen LogP contribution in [0.25, 0.3) is 11.1 Å². The van der Waals surface area contributed by atoms with Crippen LogP contribution in [0.1, 0.15) is 0 Å². The predicted molar refractivity (Wildman–Crippen MR) is 78.8 cm³/mol. The number of carbonyl (C=O) groups is 1. The minimum absolute atomic E-state index is 0.126. The zero-order valence-corrected chi connectivity index (χ0v) is 11.0. The van der Waals surface area contributed by atoms with Crippen molar-refractivity contribution in [2.24, 2.45) is 11.5 Å². The van der Waals surface area contributed by atoms with Crippen molar-refractivity contribution in [3.63, 3.8) is 0 Å². The molecule has 0 fully saturated rings. The summed E-state index contributed by atoms with van der Waals surface area (Å²) in [4.78, 5) is 10.7. The van der Waals surface area contributed by atoms with Crippen LogP contribution in [0.5, 0.6) is 5.75 Å². The van der Waals surface area contributed by atoms with E-state index in [2.05, 4.69) is 0 Å². The summed E-state index contributed by atoms with van der Waals surface area (Å²) in [5.41, 5.74) is 13.1. The fourth-order valence-corrected chi connectivity index (χ4v) is 1.79. The third-order valence-electron chi connectivity index (χ3n) is 2.67. The number of benzene rings is 2. The molecule has 0 aromatic heterocycles. The maximum atomic E-state index is 10.7. The molecule has 4 N–H and O–H groups in total. The van der Waals surface area contributed by atoms with Gasteiger partial charge in [0.2, 0.25) is 5.91 Å². The normalized spacial score (nSPS) is 11.1. The summed E-state index contributed by atoms with van der Waals surface area (Å²) in [5.74, 6) is 0.108. The lowest BCUT2D eigenvalue weighted by Gasteiger charge is -2.08. The van der Waals surface area contributed by atoms with Crippen molar-refractivity contribution in [1.29, 1.82) is 0 Å². The molecule has 2 aromatic carbocycles. The van der Waals surface area contributed by atoms with E-state index in [1.807, 2.05) is 54.6 Å². The van der Waals surface area contributed by atoms with Crippen molar-refractivity contribution in [3.05, 3.63) is 66.4 Å². The Bertz CT molecular complexity index is 621. The van der Waals surface area contributed by atoms with E-state index in [0.717, 1.165) is 17.2 Å². The van der Waals surface area contributed by atoms with Gasteiger partial charge in [-0.3, -0.25) is 4.79 Å². The van der Waals surface area contributed by atoms with E-state index in [1.165, 1.54) is 0 Å². The van der Waals surface area contributed by atoms with Gasteiger partial charge in [-0.1, -0.05) is 42.5 Å². The molecule has 0 saturated heterocycles. The molecule has 4 heteroatoms. The maximum Gasteiger partial charge on any atom is 0.243 e. The summed E-state index contributed by atoms with van der Waals surface area (Å²) in [7, 11) is 0. The molecular formula is C16H16N2O2. The van der Waals surface area contributed by atoms with E-state index in [-0.39, 0.29) is 6.61 Å². The number of hydrogen-bond donors (Lipinski definition) is 2. The summed E-state index contributed by atoms with van der Waals surface area (Å²) in [6, 6.07) is 17.7. The summed E-state index contributed by atoms with van der Waals surface area (Å²) in [6.45, 7) is 0.126. The fourth-order valence-electron chi connectivity index (χ4n) is 1.79. The van der Waals surface area contributed by atoms with Gasteiger partial charge < -0.3 is 16.2 Å². The van der Waals surface area contributed by atoms with Crippen molar-refractivity contribution in [1.82, 2.24) is 0 Å². The molecule has 0 aliphatic heterocycles. The largest absolute Gasteiger partial charge is 0.487 e. The van der Waals surface area contributed by atoms with E-state index < -0.39 is 5.91 Å². The Morgan fingerprint density at radius 1 is 1.00 bits per heavy atom. The van der Waals surface area contributed by atoms with Crippen LogP contribution < -0.4 is 16.2 Å². The van der Waals surface area contributed by atoms with E-state index in [1.54, 1.807) is 0 Å². The lowest BCUT2D eigenvalue weighted by atomic mass is 10.1. The van der Waals surface area contributed by atoms with Crippen LogP contribution in [-0.4, -0.2) is 12.5 Å². The average Bonchev–Trinajstić information content (AvgIpc) is 2.46. The Kier molecular flexibility index (Phi) is 4.39. The Morgan fingerprint density at radius 2 is 1.70 bits per heavy atom. The summed E-state index contributed by atoms with van der Waals surface area (Å²) in [6.07, 6.45) is 1.15. The van der Waals surface area contributed by atoms with Crippen molar-refractivity contribution in [3.8, 4) is 16.9 Å². The van der Waals surface area contributed by atoms with E-state index >= 15 is 0 Å². The Labute approximate surface area is 117 Å². The SMILES string of the molecule is NC(=O)/C=C(\N)COc1cccc(-c2ccccc2)c1. The fraction of sp³-hybridized carbons (Fsp3) is 0.0625. The topological polar surface area (TPSA) is 78.3 Å². The van der Waals surface area contributed by atoms with Crippen LogP contribution in [0.2, 0.25) is 0 Å². The minimum atomic E-state index is -0.580. The lowest BCUT2D eigenvalue weighted by Crippen LogP contribution is -2.15. The molecule has 2 rings (SSSR count). The highest BCUT2D eigenvalue weighted by atomic mass is 16.5. The van der Waals surface area contributed by atoms with Crippen LogP contribution >= 0.6 is 0 Å². The number of amides is 1. The van der Waals surface area contributed by atoms with Gasteiger partial charge in [-0.15, -0.1) is 0 Å². The monoisotopic (exact) mass is 268 g/mol. The first-order valence-corrected chi connectivity index (χ1v) is 6.19. The molecule has 1 amide bonds. The number of rotatable bonds is 5. The van der Waals surface area contributed by atoms with Gasteiger partial charge >= 0.3 is 0 Å². The average molecular weight is 268 g/mol. The predicted octanol–water partition coefficient (Wildman–Crippen LogP) is 2.06. The Morgan fingerprint density at radius 3 is 2.40 bits per heavy atom. The molecule has 0 unspecified atom stereocenters. The molecule has 0 radical (unpaired) electrons. The van der Waals surface area contributed by atoms with Crippen molar-refractivity contribution in [2.45, 2.75) is 0 Å². The Balaban J connectivity index is 2.09. The van der Waals surface area contributed by atoms with Gasteiger partial charge in [0.05, 0.1) is 5.70 Å². The van der Waals surface area contributed by atoms with Crippen LogP contribution in [0.4, 0.5) is 0 Å². The molecule has 0 atom stereocenters. The van der Waals surface area contributed by atoms with E-state index in [4.69, 9.17) is 16.2 Å². The van der Waals surface area contributed by atoms with Crippen LogP contribution in [0.15, 0.2) is 66.4 Å². The second-order valence-corrected chi connectivity index (χ2v) is 4.30. The van der Waals surface area contributed by atoms with Gasteiger partial charge in [-0.25, -0.2) is 0 Å². The molecule has 102 valence electrons. The van der Waals surface area contributed by atoms with Gasteiger partial charge in [0.25, 0.3) is 0 Å². The first kappa shape index (κ1) is 13.7. The maximum absolute atomic E-state index is 10.7. The highest BCUT2D eigenvalue weighted by molar-refractivity contribution is 5.86. The minimum Gasteiger partial charge on any atom is -0.487 e. The van der Waals surface area contributed by atoms with Crippen LogP contribution in [-0.2, 0) is 4.79 Å². The highest BCUT2D eigenvalue weighted by Crippen LogP contribution is 2.23. The third-order valence-corrected chi connectivity index (χ3v) is 2.67. The first-order chi connectivity index (χ1) is 9.65. The highest BCUT2D eigenvalue weighted by Gasteiger charge is 2.01. The lowest BCUT2D eigenvalue weighted by molar-refractivity contribution is -0.113. The summed E-state index contributed by atoms with van der Waals surface area (Å²) < 4.78 is 5.53. The molecule has 0 spiro atoms. The number of primary amides is 1. The number of ether oxygens (including phenoxy) is 1. The molecule has 0 aliphatic rings. The summed E-state index contributed by atoms with van der Waals surface area (Å²) in [5, 5.41) is 0. The number of hydrogen-bond acceptors (Lipinski definition) is 3. The molecule has 2 aromatic rings. The number of nitrogens with two attached hydrogens (primary N) is 2. The third kappa shape index (κ3) is 3.88. The van der Waals surface area contributed by atoms with Crippen LogP contribution in [0, 0.1) is 0 Å². The van der Waals surface area contributed by atoms with Crippen molar-refractivity contribution >= 4 is 5.91 Å². The van der Waals surface area contributed by atoms with Gasteiger partial charge in [-0.2, -0.15) is 0 Å². The molecule has 0 aliphatic carbocycles. The zero-order valence-electron chi connectivity index (χ0n) is 11.0. The van der Waals surface area contributed by atoms with E-state index in [9.17, 15) is 4.79 Å². The van der Waals surface area contributed by atoms with Crippen molar-refractivity contribution in [2.75, 3.05) is 6.61 Å². The van der Waals surface area contributed by atoms with Gasteiger partial charge in [0.15, 0.2) is 0 Å². The zero-order chi connectivity index (χ0) is 14.4. The second-order valence-electron chi connectivity index (χ2n) is 4.30. The van der Waals surface area contributed by atoms with Crippen molar-refractivity contribution < 1.29 is 9.53 Å². The van der Waals surface area contributed by atoms with Gasteiger partial charge in [0, 0.05) is 6.08 Å². The van der Waals surface area contributed by atoms with Crippen LogP contribution in [0.3, 0.4) is 0 Å². The van der Waals surface area contributed by atoms with Gasteiger partial charge in [-0.05, 0) is 23.3 Å². The molecule has 4 nitrogen and oxygen atoms in total. The molecular weight excluding hydrogens is 252 g/mol. The first-order valence-electron chi connectivity index (χ1n) is 6.19. The standard InChI is InChI=1S/C16H16N2O2/c17-14(10-16(18)19)11-20-15-8-4-7-13(9-15)12-5-2-1-3-6-12/h1-10H,11,17H2,(H2,18,19)/b14-10-.